The van der Waals surface area contributed by atoms with Crippen molar-refractivity contribution in [2.24, 2.45) is 5.10 Å². The Morgan fingerprint density at radius 2 is 1.82 bits per heavy atom. The highest BCUT2D eigenvalue weighted by Crippen LogP contribution is 2.12. The van der Waals surface area contributed by atoms with Crippen LogP contribution in [0.1, 0.15) is 24.0 Å². The van der Waals surface area contributed by atoms with Crippen molar-refractivity contribution in [2.45, 2.75) is 19.3 Å². The van der Waals surface area contributed by atoms with E-state index in [1.54, 1.807) is 18.3 Å². The molecule has 5 heteroatoms. The summed E-state index contributed by atoms with van der Waals surface area (Å²) >= 11 is 3.36. The molecule has 0 atom stereocenters. The summed E-state index contributed by atoms with van der Waals surface area (Å²) in [5, 5.41) is 13.1. The largest absolute Gasteiger partial charge is 0.508 e. The molecule has 0 aliphatic rings. The topological polar surface area (TPSA) is 61.7 Å². The summed E-state index contributed by atoms with van der Waals surface area (Å²) in [6.45, 7) is 0. The van der Waals surface area contributed by atoms with E-state index in [1.807, 2.05) is 36.4 Å². The van der Waals surface area contributed by atoms with Gasteiger partial charge in [0.2, 0.25) is 5.91 Å². The van der Waals surface area contributed by atoms with Crippen molar-refractivity contribution < 1.29 is 9.90 Å². The van der Waals surface area contributed by atoms with E-state index in [1.165, 1.54) is 0 Å². The van der Waals surface area contributed by atoms with Gasteiger partial charge in [0.1, 0.15) is 5.75 Å². The average molecular weight is 361 g/mol. The molecule has 0 aliphatic carbocycles. The highest BCUT2D eigenvalue weighted by molar-refractivity contribution is 9.10. The van der Waals surface area contributed by atoms with Crippen LogP contribution in [-0.4, -0.2) is 17.2 Å². The minimum Gasteiger partial charge on any atom is -0.508 e. The van der Waals surface area contributed by atoms with Crippen LogP contribution in [0.2, 0.25) is 0 Å². The molecule has 0 radical (unpaired) electrons. The van der Waals surface area contributed by atoms with Gasteiger partial charge in [-0.05, 0) is 48.2 Å². The maximum absolute atomic E-state index is 11.7. The number of benzene rings is 2. The minimum absolute atomic E-state index is 0.104. The van der Waals surface area contributed by atoms with Gasteiger partial charge in [-0.1, -0.05) is 40.2 Å². The third kappa shape index (κ3) is 5.69. The molecule has 0 aromatic heterocycles. The monoisotopic (exact) mass is 360 g/mol. The van der Waals surface area contributed by atoms with Gasteiger partial charge in [-0.15, -0.1) is 0 Å². The van der Waals surface area contributed by atoms with Gasteiger partial charge in [0, 0.05) is 10.9 Å². The normalized spacial score (nSPS) is 10.8. The third-order valence-corrected chi connectivity index (χ3v) is 3.61. The Bertz CT molecular complexity index is 637. The molecule has 22 heavy (non-hydrogen) atoms. The summed E-state index contributed by atoms with van der Waals surface area (Å²) in [5.74, 6) is 0.149. The predicted molar refractivity (Wildman–Crippen MR) is 90.9 cm³/mol. The molecular formula is C17H17BrN2O2. The average Bonchev–Trinajstić information content (AvgIpc) is 2.51. The lowest BCUT2D eigenvalue weighted by atomic mass is 10.1. The van der Waals surface area contributed by atoms with Crippen LogP contribution < -0.4 is 5.43 Å². The second kappa shape index (κ2) is 8.34. The van der Waals surface area contributed by atoms with Crippen LogP contribution in [0, 0.1) is 0 Å². The van der Waals surface area contributed by atoms with E-state index in [9.17, 15) is 9.90 Å². The summed E-state index contributed by atoms with van der Waals surface area (Å²) in [6.07, 6.45) is 3.57. The number of nitrogens with zero attached hydrogens (tertiary/aromatic N) is 1. The highest BCUT2D eigenvalue weighted by atomic mass is 79.9. The number of hydrogen-bond acceptors (Lipinski definition) is 3. The number of aromatic hydroxyl groups is 1. The molecule has 0 bridgehead atoms. The van der Waals surface area contributed by atoms with Crippen molar-refractivity contribution in [3.8, 4) is 5.75 Å². The molecule has 0 spiro atoms. The second-order valence-corrected chi connectivity index (χ2v) is 5.78. The maximum Gasteiger partial charge on any atom is 0.240 e. The van der Waals surface area contributed by atoms with Crippen LogP contribution >= 0.6 is 15.9 Å². The number of carbonyl (C=O) groups excluding carboxylic acids is 1. The van der Waals surface area contributed by atoms with E-state index in [4.69, 9.17) is 0 Å². The molecular weight excluding hydrogens is 344 g/mol. The van der Waals surface area contributed by atoms with Gasteiger partial charge in [-0.2, -0.15) is 5.10 Å². The number of phenols is 1. The van der Waals surface area contributed by atoms with Crippen LogP contribution in [0.25, 0.3) is 0 Å². The van der Waals surface area contributed by atoms with Crippen LogP contribution in [0.15, 0.2) is 58.1 Å². The number of amides is 1. The van der Waals surface area contributed by atoms with Crippen molar-refractivity contribution in [1.82, 2.24) is 5.43 Å². The van der Waals surface area contributed by atoms with Crippen molar-refractivity contribution >= 4 is 28.1 Å². The smallest absolute Gasteiger partial charge is 0.240 e. The number of hydrazone groups is 1. The molecule has 2 aromatic rings. The molecule has 0 fully saturated rings. The van der Waals surface area contributed by atoms with Crippen LogP contribution in [0.5, 0.6) is 5.75 Å². The first-order valence-electron chi connectivity index (χ1n) is 6.99. The number of aryl methyl sites for hydroxylation is 1. The molecule has 4 nitrogen and oxygen atoms in total. The van der Waals surface area contributed by atoms with Crippen LogP contribution in [0.3, 0.4) is 0 Å². The summed E-state index contributed by atoms with van der Waals surface area (Å²) in [4.78, 5) is 11.7. The van der Waals surface area contributed by atoms with Crippen molar-refractivity contribution in [1.29, 1.82) is 0 Å². The Hall–Kier alpha value is -2.14. The predicted octanol–water partition coefficient (Wildman–Crippen LogP) is 3.63. The molecule has 1 amide bonds. The number of hydrogen-bond donors (Lipinski definition) is 2. The zero-order chi connectivity index (χ0) is 15.8. The van der Waals surface area contributed by atoms with E-state index in [-0.39, 0.29) is 11.7 Å². The lowest BCUT2D eigenvalue weighted by Gasteiger charge is -2.02. The van der Waals surface area contributed by atoms with E-state index in [0.717, 1.165) is 28.4 Å². The molecule has 0 heterocycles. The number of carbonyl (C=O) groups is 1. The zero-order valence-electron chi connectivity index (χ0n) is 12.0. The molecule has 2 N–H and O–H groups in total. The van der Waals surface area contributed by atoms with E-state index in [2.05, 4.69) is 26.5 Å². The molecule has 0 saturated carbocycles. The first-order chi connectivity index (χ1) is 10.6. The Morgan fingerprint density at radius 1 is 1.14 bits per heavy atom. The molecule has 0 saturated heterocycles. The lowest BCUT2D eigenvalue weighted by Crippen LogP contribution is -2.17. The van der Waals surface area contributed by atoms with E-state index >= 15 is 0 Å². The second-order valence-electron chi connectivity index (χ2n) is 4.86. The molecule has 0 aliphatic heterocycles. The highest BCUT2D eigenvalue weighted by Gasteiger charge is 2.00. The van der Waals surface area contributed by atoms with Gasteiger partial charge < -0.3 is 5.11 Å². The summed E-state index contributed by atoms with van der Waals surface area (Å²) in [7, 11) is 0. The Balaban J connectivity index is 1.69. The standard InChI is InChI=1S/C17H17BrN2O2/c18-15-8-4-14(5-9-15)12-19-20-17(22)3-1-2-13-6-10-16(21)11-7-13/h4-12,21H,1-3H2,(H,20,22). The molecule has 2 aromatic carbocycles. The maximum atomic E-state index is 11.7. The number of rotatable bonds is 6. The SMILES string of the molecule is O=C(CCCc1ccc(O)cc1)NN=Cc1ccc(Br)cc1. The van der Waals surface area contributed by atoms with Gasteiger partial charge >= 0.3 is 0 Å². The quantitative estimate of drug-likeness (QED) is 0.610. The summed E-state index contributed by atoms with van der Waals surface area (Å²) < 4.78 is 1.00. The fourth-order valence-electron chi connectivity index (χ4n) is 1.90. The number of halogens is 1. The summed E-state index contributed by atoms with van der Waals surface area (Å²) in [6, 6.07) is 14.7. The fourth-order valence-corrected chi connectivity index (χ4v) is 2.16. The van der Waals surface area contributed by atoms with Crippen molar-refractivity contribution in [2.75, 3.05) is 0 Å². The first-order valence-corrected chi connectivity index (χ1v) is 7.78. The number of phenolic OH excluding ortho intramolecular Hbond substituents is 1. The molecule has 0 unspecified atom stereocenters. The lowest BCUT2D eigenvalue weighted by molar-refractivity contribution is -0.121. The zero-order valence-corrected chi connectivity index (χ0v) is 13.6. The molecule has 114 valence electrons. The van der Waals surface area contributed by atoms with E-state index in [0.29, 0.717) is 6.42 Å². The van der Waals surface area contributed by atoms with Gasteiger partial charge in [0.15, 0.2) is 0 Å². The van der Waals surface area contributed by atoms with Crippen molar-refractivity contribution in [3.05, 3.63) is 64.1 Å². The third-order valence-electron chi connectivity index (χ3n) is 3.08. The van der Waals surface area contributed by atoms with Gasteiger partial charge in [-0.25, -0.2) is 5.43 Å². The number of nitrogens with one attached hydrogen (secondary N) is 1. The Labute approximate surface area is 138 Å². The minimum atomic E-state index is -0.104. The van der Waals surface area contributed by atoms with Gasteiger partial charge in [0.05, 0.1) is 6.21 Å². The van der Waals surface area contributed by atoms with Gasteiger partial charge in [0.25, 0.3) is 0 Å². The van der Waals surface area contributed by atoms with E-state index < -0.39 is 0 Å². The Kier molecular flexibility index (Phi) is 6.15. The van der Waals surface area contributed by atoms with Crippen molar-refractivity contribution in [3.63, 3.8) is 0 Å². The Morgan fingerprint density at radius 3 is 2.50 bits per heavy atom. The van der Waals surface area contributed by atoms with Crippen LogP contribution in [0.4, 0.5) is 0 Å². The summed E-state index contributed by atoms with van der Waals surface area (Å²) in [5.41, 5.74) is 4.54. The fraction of sp³-hybridized carbons (Fsp3) is 0.176. The van der Waals surface area contributed by atoms with Crippen LogP contribution in [-0.2, 0) is 11.2 Å². The molecule has 2 rings (SSSR count). The first kappa shape index (κ1) is 16.2. The van der Waals surface area contributed by atoms with Gasteiger partial charge in [-0.3, -0.25) is 4.79 Å².